The average molecular weight is 897 g/mol. The number of pyridine rings is 4. The van der Waals surface area contributed by atoms with Gasteiger partial charge in [0.1, 0.15) is 11.4 Å². The second-order valence-corrected chi connectivity index (χ2v) is 18.2. The first kappa shape index (κ1) is 44.7. The van der Waals surface area contributed by atoms with Crippen molar-refractivity contribution >= 4 is 35.8 Å². The Hall–Kier alpha value is -6.52. The topological polar surface area (TPSA) is 209 Å². The molecule has 344 valence electrons. The van der Waals surface area contributed by atoms with Crippen molar-refractivity contribution in [1.29, 1.82) is 0 Å². The monoisotopic (exact) mass is 896 g/mol. The summed E-state index contributed by atoms with van der Waals surface area (Å²) >= 11 is 0. The van der Waals surface area contributed by atoms with Crippen molar-refractivity contribution in [3.63, 3.8) is 0 Å². The van der Waals surface area contributed by atoms with E-state index < -0.39 is 47.8 Å². The van der Waals surface area contributed by atoms with Gasteiger partial charge in [-0.3, -0.25) is 38.7 Å². The van der Waals surface area contributed by atoms with Gasteiger partial charge in [-0.2, -0.15) is 0 Å². The molecular formula is C50H56N8O8. The van der Waals surface area contributed by atoms with Gasteiger partial charge < -0.3 is 39.8 Å². The highest BCUT2D eigenvalue weighted by molar-refractivity contribution is 5.95. The molecule has 0 radical (unpaired) electrons. The van der Waals surface area contributed by atoms with E-state index in [2.05, 4.69) is 20.6 Å². The first-order valence-electron chi connectivity index (χ1n) is 23.1. The van der Waals surface area contributed by atoms with E-state index >= 15 is 0 Å². The second kappa shape index (κ2) is 18.8. The number of hydrogen-bond acceptors (Lipinski definition) is 10. The summed E-state index contributed by atoms with van der Waals surface area (Å²) in [5, 5.41) is 26.9. The van der Waals surface area contributed by atoms with Crippen LogP contribution in [0.25, 0.3) is 12.2 Å². The average Bonchev–Trinajstić information content (AvgIpc) is 3.70. The quantitative estimate of drug-likeness (QED) is 0.182. The molecule has 10 rings (SSSR count). The third-order valence-electron chi connectivity index (χ3n) is 14.6. The van der Waals surface area contributed by atoms with Gasteiger partial charge in [0.05, 0.1) is 36.0 Å². The van der Waals surface area contributed by atoms with Crippen molar-refractivity contribution in [2.24, 2.45) is 23.7 Å². The molecule has 8 atom stereocenters. The van der Waals surface area contributed by atoms with Gasteiger partial charge in [0.2, 0.25) is 11.8 Å². The van der Waals surface area contributed by atoms with E-state index in [1.165, 1.54) is 0 Å². The Balaban J connectivity index is 0.000000166. The highest BCUT2D eigenvalue weighted by Gasteiger charge is 2.59. The zero-order valence-corrected chi connectivity index (χ0v) is 37.1. The van der Waals surface area contributed by atoms with Crippen LogP contribution in [0.5, 0.6) is 0 Å². The predicted octanol–water partition coefficient (Wildman–Crippen LogP) is 3.50. The zero-order chi connectivity index (χ0) is 46.2. The fourth-order valence-electron chi connectivity index (χ4n) is 11.0. The van der Waals surface area contributed by atoms with Gasteiger partial charge in [0.25, 0.3) is 22.9 Å². The summed E-state index contributed by atoms with van der Waals surface area (Å²) < 4.78 is 3.35. The Labute approximate surface area is 382 Å². The van der Waals surface area contributed by atoms with E-state index in [1.54, 1.807) is 92.0 Å². The van der Waals surface area contributed by atoms with Crippen LogP contribution in [0.15, 0.2) is 94.8 Å². The minimum atomic E-state index is -0.650. The van der Waals surface area contributed by atoms with Gasteiger partial charge in [0, 0.05) is 85.1 Å². The van der Waals surface area contributed by atoms with Crippen LogP contribution in [0, 0.1) is 23.7 Å². The normalized spacial score (nSPS) is 26.2. The molecule has 2 aliphatic carbocycles. The van der Waals surface area contributed by atoms with Gasteiger partial charge in [-0.25, -0.2) is 0 Å². The van der Waals surface area contributed by atoms with Crippen LogP contribution >= 0.6 is 0 Å². The standard InChI is InChI=1S/2C25H28N4O4/c2*1-2-6-15-10-11-19-22-21(23(31)27-16-7-5-8-16)17(14-30)20(13-28(19)24(15)32)29(22)25(33)18-9-3-4-12-26-18/h2*2-4,6,9-12,16-17,20-22,30H,5,7-8,13-14H2,1H3,(H,27,31)/b6-2+;6-2-/t2*17-,20-,21+,22+/m00/s1. The number of nitrogens with one attached hydrogen (secondary N) is 2. The molecule has 16 heteroatoms. The van der Waals surface area contributed by atoms with E-state index in [4.69, 9.17) is 0 Å². The summed E-state index contributed by atoms with van der Waals surface area (Å²) in [5.41, 5.74) is 2.63. The lowest BCUT2D eigenvalue weighted by molar-refractivity contribution is -0.129. The molecule has 4 fully saturated rings. The number of amides is 4. The number of rotatable bonds is 10. The molecule has 66 heavy (non-hydrogen) atoms. The minimum absolute atomic E-state index is 0.136. The van der Waals surface area contributed by atoms with Crippen LogP contribution in [0.1, 0.15) is 108 Å². The number of hydrogen-bond donors (Lipinski definition) is 4. The lowest BCUT2D eigenvalue weighted by atomic mass is 9.85. The Bertz CT molecular complexity index is 2490. The van der Waals surface area contributed by atoms with E-state index in [-0.39, 0.29) is 84.5 Å². The third-order valence-corrected chi connectivity index (χ3v) is 14.6. The Morgan fingerprint density at radius 1 is 0.621 bits per heavy atom. The number of aliphatic hydroxyl groups is 2. The largest absolute Gasteiger partial charge is 0.396 e. The smallest absolute Gasteiger partial charge is 0.273 e. The van der Waals surface area contributed by atoms with E-state index in [0.29, 0.717) is 22.5 Å². The van der Waals surface area contributed by atoms with Crippen LogP contribution < -0.4 is 21.8 Å². The van der Waals surface area contributed by atoms with E-state index in [1.807, 2.05) is 38.1 Å². The zero-order valence-electron chi connectivity index (χ0n) is 37.1. The number of aromatic nitrogens is 4. The molecule has 4 amide bonds. The Morgan fingerprint density at radius 2 is 1.03 bits per heavy atom. The van der Waals surface area contributed by atoms with Gasteiger partial charge in [-0.15, -0.1) is 0 Å². The van der Waals surface area contributed by atoms with Crippen LogP contribution in [0.4, 0.5) is 0 Å². The highest BCUT2D eigenvalue weighted by Crippen LogP contribution is 2.50. The molecule has 4 bridgehead atoms. The van der Waals surface area contributed by atoms with E-state index in [0.717, 1.165) is 38.5 Å². The summed E-state index contributed by atoms with van der Waals surface area (Å²) in [6, 6.07) is 15.4. The molecule has 4 aliphatic heterocycles. The first-order chi connectivity index (χ1) is 32.1. The highest BCUT2D eigenvalue weighted by atomic mass is 16.3. The van der Waals surface area contributed by atoms with Gasteiger partial charge in [-0.1, -0.05) is 36.4 Å². The molecular weight excluding hydrogens is 841 g/mol. The number of aliphatic hydroxyl groups excluding tert-OH is 2. The third kappa shape index (κ3) is 7.78. The summed E-state index contributed by atoms with van der Waals surface area (Å²) in [6.45, 7) is 3.66. The van der Waals surface area contributed by atoms with Gasteiger partial charge in [0.15, 0.2) is 0 Å². The number of allylic oxidation sites excluding steroid dienone is 2. The van der Waals surface area contributed by atoms with Crippen molar-refractivity contribution in [3.05, 3.63) is 140 Å². The number of carbonyl (C=O) groups is 4. The van der Waals surface area contributed by atoms with Gasteiger partial charge >= 0.3 is 0 Å². The van der Waals surface area contributed by atoms with Gasteiger partial charge in [-0.05, 0) is 101 Å². The van der Waals surface area contributed by atoms with Crippen LogP contribution in [-0.2, 0) is 22.7 Å². The molecule has 6 aliphatic rings. The molecule has 4 aromatic heterocycles. The van der Waals surface area contributed by atoms with Crippen molar-refractivity contribution in [3.8, 4) is 0 Å². The summed E-state index contributed by atoms with van der Waals surface area (Å²) in [7, 11) is 0. The first-order valence-corrected chi connectivity index (χ1v) is 23.1. The molecule has 2 saturated heterocycles. The number of nitrogens with zero attached hydrogens (tertiary/aromatic N) is 6. The number of carbonyl (C=O) groups excluding carboxylic acids is 4. The summed E-state index contributed by atoms with van der Waals surface area (Å²) in [6.07, 6.45) is 16.2. The minimum Gasteiger partial charge on any atom is -0.396 e. The molecule has 4 aromatic rings. The molecule has 16 nitrogen and oxygen atoms in total. The molecule has 8 heterocycles. The lowest BCUT2D eigenvalue weighted by Crippen LogP contribution is -2.49. The SMILES string of the molecule is C/C=C/c1ccc2n(c1=O)C[C@H]1[C@H](CO)[C@@H](C(=O)NC3CCC3)[C@@H]2N1C(=O)c1ccccn1.C/C=C\c1ccc2n(c1=O)C[C@H]1[C@H](CO)[C@@H](C(=O)NC3CCC3)[C@@H]2N1C(=O)c1ccccn1. The van der Waals surface area contributed by atoms with Crippen molar-refractivity contribution < 1.29 is 29.4 Å². The fraction of sp³-hybridized carbons (Fsp3) is 0.440. The van der Waals surface area contributed by atoms with Crippen molar-refractivity contribution in [2.75, 3.05) is 13.2 Å². The summed E-state index contributed by atoms with van der Waals surface area (Å²) in [4.78, 5) is 92.3. The summed E-state index contributed by atoms with van der Waals surface area (Å²) in [5.74, 6) is -3.16. The maximum Gasteiger partial charge on any atom is 0.273 e. The molecule has 0 spiro atoms. The molecule has 4 N–H and O–H groups in total. The Morgan fingerprint density at radius 3 is 1.35 bits per heavy atom. The maximum atomic E-state index is 13.6. The second-order valence-electron chi connectivity index (χ2n) is 18.2. The molecule has 0 unspecified atom stereocenters. The van der Waals surface area contributed by atoms with E-state index in [9.17, 15) is 39.0 Å². The van der Waals surface area contributed by atoms with Crippen molar-refractivity contribution in [2.45, 2.75) is 102 Å². The predicted molar refractivity (Wildman–Crippen MR) is 244 cm³/mol. The molecule has 2 saturated carbocycles. The van der Waals surface area contributed by atoms with Crippen molar-refractivity contribution in [1.82, 2.24) is 39.5 Å². The van der Waals surface area contributed by atoms with Crippen LogP contribution in [-0.4, -0.2) is 100 Å². The molecule has 0 aromatic carbocycles. The van der Waals surface area contributed by atoms with Crippen LogP contribution in [0.2, 0.25) is 0 Å². The maximum absolute atomic E-state index is 13.6. The Kier molecular flexibility index (Phi) is 12.7. The number of fused-ring (bicyclic) bond motifs is 8. The fourth-order valence-corrected chi connectivity index (χ4v) is 11.0. The lowest BCUT2D eigenvalue weighted by Gasteiger charge is -2.38. The van der Waals surface area contributed by atoms with Crippen LogP contribution in [0.3, 0.4) is 0 Å².